The lowest BCUT2D eigenvalue weighted by molar-refractivity contribution is 0.0673. The van der Waals surface area contributed by atoms with E-state index in [0.717, 1.165) is 29.8 Å². The van der Waals surface area contributed by atoms with E-state index in [9.17, 15) is 10.1 Å². The first-order valence-corrected chi connectivity index (χ1v) is 14.8. The van der Waals surface area contributed by atoms with Gasteiger partial charge in [-0.3, -0.25) is 4.98 Å². The van der Waals surface area contributed by atoms with Gasteiger partial charge in [-0.05, 0) is 79.0 Å². The summed E-state index contributed by atoms with van der Waals surface area (Å²) in [5.41, 5.74) is 7.11. The number of pyridine rings is 1. The average molecular weight is 619 g/mol. The normalized spacial score (nSPS) is 22.8. The first-order chi connectivity index (χ1) is 21.6. The van der Waals surface area contributed by atoms with Crippen LogP contribution in [-0.4, -0.2) is 59.2 Å². The monoisotopic (exact) mass is 618 g/mol. The van der Waals surface area contributed by atoms with Gasteiger partial charge in [0.25, 0.3) is 0 Å². The summed E-state index contributed by atoms with van der Waals surface area (Å²) < 4.78 is 40.3. The maximum absolute atomic E-state index is 15.1. The maximum Gasteiger partial charge on any atom is 0.407 e. The number of methoxy groups -OCH3 is 1. The van der Waals surface area contributed by atoms with Gasteiger partial charge < -0.3 is 36.2 Å². The van der Waals surface area contributed by atoms with E-state index in [1.807, 2.05) is 13.0 Å². The molecule has 2 aliphatic rings. The van der Waals surface area contributed by atoms with Crippen LogP contribution in [0.15, 0.2) is 42.9 Å². The number of nitrogens with two attached hydrogens (primary N) is 1. The van der Waals surface area contributed by atoms with Crippen LogP contribution in [-0.2, 0) is 14.9 Å². The van der Waals surface area contributed by atoms with E-state index >= 15 is 8.78 Å². The zero-order valence-electron chi connectivity index (χ0n) is 25.1. The number of carbonyl (C=O) groups excluding carboxylic acids is 1. The van der Waals surface area contributed by atoms with Gasteiger partial charge in [0.05, 0.1) is 53.6 Å². The second-order valence-corrected chi connectivity index (χ2v) is 11.6. The van der Waals surface area contributed by atoms with Crippen molar-refractivity contribution in [2.75, 3.05) is 25.6 Å². The maximum atomic E-state index is 15.1. The van der Waals surface area contributed by atoms with Crippen molar-refractivity contribution in [3.63, 3.8) is 0 Å². The number of alkyl carbamates (subject to hydrolysis) is 1. The highest BCUT2D eigenvalue weighted by molar-refractivity contribution is 6.09. The molecule has 0 radical (unpaired) electrons. The number of anilines is 2. The topological polar surface area (TPSA) is 175 Å². The number of aromatic nitrogens is 3. The number of hydrogen-bond donors (Lipinski definition) is 5. The van der Waals surface area contributed by atoms with E-state index < -0.39 is 28.7 Å². The van der Waals surface area contributed by atoms with Crippen molar-refractivity contribution in [3.8, 4) is 6.07 Å². The van der Waals surface area contributed by atoms with E-state index in [1.165, 1.54) is 25.5 Å². The molecule has 4 unspecified atom stereocenters. The molecule has 6 N–H and O–H groups in total. The van der Waals surface area contributed by atoms with E-state index in [1.54, 1.807) is 12.4 Å². The van der Waals surface area contributed by atoms with E-state index in [-0.39, 0.29) is 35.2 Å². The average Bonchev–Trinajstić information content (AvgIpc) is 3.48. The number of amides is 1. The lowest BCUT2D eigenvalue weighted by atomic mass is 9.73. The molecule has 1 aliphatic carbocycles. The van der Waals surface area contributed by atoms with Crippen LogP contribution in [0.2, 0.25) is 0 Å². The molecule has 5 rings (SSSR count). The fourth-order valence-corrected chi connectivity index (χ4v) is 6.31. The molecule has 45 heavy (non-hydrogen) atoms. The standard InChI is InChI=1S/C32H36F2N8O3/c1-18-11-19(12-26(37)29(18)42-31(43)44-2)22-5-8-38-16-27(22)41-30-39-15-21(40-30)3-4-25(36)28-23(33)13-20(14-24(28)34)32(17-35)6-9-45-10-7-32/h3-5,8,13-16,18-19,26,29,36H,6-7,9-12,37H2,1-2H3,(H,42,43)(H2,39,40,41)/b4-3-,36-25?. The number of benzene rings is 1. The highest BCUT2D eigenvalue weighted by Crippen LogP contribution is 2.39. The Labute approximate surface area is 259 Å². The Bertz CT molecular complexity index is 1590. The highest BCUT2D eigenvalue weighted by Gasteiger charge is 2.37. The van der Waals surface area contributed by atoms with Crippen molar-refractivity contribution < 1.29 is 23.0 Å². The molecule has 3 heterocycles. The van der Waals surface area contributed by atoms with Crippen LogP contribution in [0, 0.1) is 34.3 Å². The fourth-order valence-electron chi connectivity index (χ4n) is 6.31. The summed E-state index contributed by atoms with van der Waals surface area (Å²) in [6.07, 6.45) is 9.35. The van der Waals surface area contributed by atoms with Crippen LogP contribution >= 0.6 is 0 Å². The number of nitriles is 1. The fraction of sp³-hybridized carbons (Fsp3) is 0.406. The third-order valence-electron chi connectivity index (χ3n) is 8.75. The lowest BCUT2D eigenvalue weighted by Gasteiger charge is -2.39. The third kappa shape index (κ3) is 6.87. The molecule has 1 saturated heterocycles. The van der Waals surface area contributed by atoms with Crippen molar-refractivity contribution in [2.24, 2.45) is 11.7 Å². The Kier molecular flexibility index (Phi) is 9.55. The summed E-state index contributed by atoms with van der Waals surface area (Å²) in [5.74, 6) is -1.18. The van der Waals surface area contributed by atoms with Gasteiger partial charge in [-0.1, -0.05) is 6.92 Å². The number of rotatable bonds is 8. The lowest BCUT2D eigenvalue weighted by Crippen LogP contribution is -2.54. The summed E-state index contributed by atoms with van der Waals surface area (Å²) in [6, 6.07) is 5.97. The van der Waals surface area contributed by atoms with Gasteiger partial charge in [-0.25, -0.2) is 18.6 Å². The molecule has 0 bridgehead atoms. The van der Waals surface area contributed by atoms with Crippen molar-refractivity contribution in [2.45, 2.75) is 56.0 Å². The summed E-state index contributed by atoms with van der Waals surface area (Å²) in [4.78, 5) is 23.5. The van der Waals surface area contributed by atoms with Gasteiger partial charge in [0, 0.05) is 31.5 Å². The van der Waals surface area contributed by atoms with Crippen LogP contribution in [0.25, 0.3) is 6.08 Å². The number of halogens is 2. The SMILES string of the molecule is COC(=O)NC1C(C)CC(c2ccncc2Nc2ncc(/C=C\C(=N)c3c(F)cc(C4(C#N)CCOCC4)cc3F)[nH]2)CC1N. The van der Waals surface area contributed by atoms with Crippen molar-refractivity contribution >= 4 is 29.5 Å². The Balaban J connectivity index is 1.27. The smallest absolute Gasteiger partial charge is 0.407 e. The van der Waals surface area contributed by atoms with Crippen LogP contribution in [0.4, 0.5) is 25.2 Å². The predicted octanol–water partition coefficient (Wildman–Crippen LogP) is 5.04. The quantitative estimate of drug-likeness (QED) is 0.218. The molecule has 2 fully saturated rings. The van der Waals surface area contributed by atoms with Crippen molar-refractivity contribution in [1.29, 1.82) is 10.7 Å². The third-order valence-corrected chi connectivity index (χ3v) is 8.75. The summed E-state index contributed by atoms with van der Waals surface area (Å²) in [6.45, 7) is 2.72. The summed E-state index contributed by atoms with van der Waals surface area (Å²) in [7, 11) is 1.32. The van der Waals surface area contributed by atoms with Gasteiger partial charge in [0.15, 0.2) is 0 Å². The van der Waals surface area contributed by atoms with Gasteiger partial charge in [-0.15, -0.1) is 0 Å². The number of carbonyl (C=O) groups is 1. The molecule has 3 aromatic rings. The Morgan fingerprint density at radius 3 is 2.67 bits per heavy atom. The number of H-pyrrole nitrogens is 1. The van der Waals surface area contributed by atoms with Gasteiger partial charge in [0.1, 0.15) is 11.6 Å². The molecule has 13 heteroatoms. The van der Waals surface area contributed by atoms with E-state index in [0.29, 0.717) is 44.1 Å². The minimum absolute atomic E-state index is 0.106. The van der Waals surface area contributed by atoms with E-state index in [2.05, 4.69) is 31.7 Å². The van der Waals surface area contributed by atoms with Crippen LogP contribution < -0.4 is 16.4 Å². The molecular weight excluding hydrogens is 582 g/mol. The molecule has 236 valence electrons. The zero-order valence-corrected chi connectivity index (χ0v) is 25.1. The number of allylic oxidation sites excluding steroid dienone is 1. The summed E-state index contributed by atoms with van der Waals surface area (Å²) in [5, 5.41) is 24.2. The molecule has 1 saturated carbocycles. The molecule has 11 nitrogen and oxygen atoms in total. The molecule has 1 aliphatic heterocycles. The number of nitrogens with one attached hydrogen (secondary N) is 4. The first kappa shape index (κ1) is 31.7. The predicted molar refractivity (Wildman–Crippen MR) is 164 cm³/mol. The minimum atomic E-state index is -1.02. The largest absolute Gasteiger partial charge is 0.453 e. The van der Waals surface area contributed by atoms with Gasteiger partial charge in [0.2, 0.25) is 5.95 Å². The molecular formula is C32H36F2N8O3. The molecule has 0 spiro atoms. The number of hydrogen-bond acceptors (Lipinski definition) is 9. The molecule has 4 atom stereocenters. The number of imidazole rings is 1. The molecule has 2 aromatic heterocycles. The number of ether oxygens (including phenoxy) is 2. The minimum Gasteiger partial charge on any atom is -0.453 e. The Morgan fingerprint density at radius 1 is 1.27 bits per heavy atom. The summed E-state index contributed by atoms with van der Waals surface area (Å²) >= 11 is 0. The second kappa shape index (κ2) is 13.5. The molecule has 1 aromatic carbocycles. The second-order valence-electron chi connectivity index (χ2n) is 11.6. The van der Waals surface area contributed by atoms with Crippen LogP contribution in [0.5, 0.6) is 0 Å². The van der Waals surface area contributed by atoms with Crippen molar-refractivity contribution in [1.82, 2.24) is 20.3 Å². The first-order valence-electron chi connectivity index (χ1n) is 14.8. The Hall–Kier alpha value is -4.67. The number of nitrogens with zero attached hydrogens (tertiary/aromatic N) is 3. The van der Waals surface area contributed by atoms with Crippen LogP contribution in [0.3, 0.4) is 0 Å². The zero-order chi connectivity index (χ0) is 32.1. The molecule has 1 amide bonds. The van der Waals surface area contributed by atoms with Crippen LogP contribution in [0.1, 0.15) is 60.9 Å². The highest BCUT2D eigenvalue weighted by atomic mass is 19.1. The van der Waals surface area contributed by atoms with Crippen molar-refractivity contribution in [3.05, 3.63) is 76.9 Å². The Morgan fingerprint density at radius 2 is 2.00 bits per heavy atom. The van der Waals surface area contributed by atoms with Gasteiger partial charge >= 0.3 is 6.09 Å². The number of aromatic amines is 1. The van der Waals surface area contributed by atoms with Gasteiger partial charge in [-0.2, -0.15) is 5.26 Å². The van der Waals surface area contributed by atoms with E-state index in [4.69, 9.17) is 20.6 Å².